The molecule has 3 nitrogen and oxygen atoms in total. The van der Waals surface area contributed by atoms with Crippen LogP contribution in [0.1, 0.15) is 27.7 Å². The highest BCUT2D eigenvalue weighted by Gasteiger charge is 2.10. The fourth-order valence-electron chi connectivity index (χ4n) is 0.656. The number of ether oxygens (including phenoxy) is 1. The SMILES string of the molecule is CCOC(=O)/C(C)=C(\C)C(C)=O. The van der Waals surface area contributed by atoms with E-state index in [1.165, 1.54) is 6.92 Å². The van der Waals surface area contributed by atoms with Crippen molar-refractivity contribution in [3.63, 3.8) is 0 Å². The number of esters is 1. The summed E-state index contributed by atoms with van der Waals surface area (Å²) in [5, 5.41) is 0. The average molecular weight is 170 g/mol. The number of ketones is 1. The maximum Gasteiger partial charge on any atom is 0.334 e. The van der Waals surface area contributed by atoms with Gasteiger partial charge >= 0.3 is 5.97 Å². The van der Waals surface area contributed by atoms with E-state index in [1.807, 2.05) is 0 Å². The highest BCUT2D eigenvalue weighted by atomic mass is 16.5. The first-order chi connectivity index (χ1) is 5.50. The van der Waals surface area contributed by atoms with Crippen molar-refractivity contribution in [3.8, 4) is 0 Å². The van der Waals surface area contributed by atoms with Crippen molar-refractivity contribution in [2.75, 3.05) is 6.61 Å². The van der Waals surface area contributed by atoms with Gasteiger partial charge in [-0.15, -0.1) is 0 Å². The van der Waals surface area contributed by atoms with E-state index in [2.05, 4.69) is 0 Å². The van der Waals surface area contributed by atoms with Gasteiger partial charge in [-0.05, 0) is 27.7 Å². The van der Waals surface area contributed by atoms with Crippen LogP contribution in [0.15, 0.2) is 11.1 Å². The van der Waals surface area contributed by atoms with Crippen molar-refractivity contribution in [2.24, 2.45) is 0 Å². The molecule has 0 aromatic carbocycles. The summed E-state index contributed by atoms with van der Waals surface area (Å²) in [6.07, 6.45) is 0. The zero-order valence-corrected chi connectivity index (χ0v) is 7.93. The Morgan fingerprint density at radius 1 is 1.08 bits per heavy atom. The highest BCUT2D eigenvalue weighted by Crippen LogP contribution is 2.06. The molecule has 0 aromatic heterocycles. The molecule has 68 valence electrons. The molecule has 0 unspecified atom stereocenters. The van der Waals surface area contributed by atoms with Gasteiger partial charge in [0.25, 0.3) is 0 Å². The number of Topliss-reactive ketones (excluding diaryl/α,β-unsaturated/α-hetero) is 1. The van der Waals surface area contributed by atoms with E-state index in [4.69, 9.17) is 4.74 Å². The number of carbonyl (C=O) groups excluding carboxylic acids is 2. The maximum absolute atomic E-state index is 11.1. The van der Waals surface area contributed by atoms with Crippen LogP contribution in [-0.2, 0) is 14.3 Å². The molecule has 0 aliphatic heterocycles. The minimum atomic E-state index is -0.412. The smallest absolute Gasteiger partial charge is 0.334 e. The average Bonchev–Trinajstić information content (AvgIpc) is 2.02. The van der Waals surface area contributed by atoms with Crippen LogP contribution in [0, 0.1) is 0 Å². The Morgan fingerprint density at radius 2 is 1.58 bits per heavy atom. The lowest BCUT2D eigenvalue weighted by Crippen LogP contribution is -2.09. The van der Waals surface area contributed by atoms with Crippen molar-refractivity contribution >= 4 is 11.8 Å². The van der Waals surface area contributed by atoms with E-state index < -0.39 is 5.97 Å². The van der Waals surface area contributed by atoms with Crippen LogP contribution in [0.25, 0.3) is 0 Å². The molecule has 0 aromatic rings. The van der Waals surface area contributed by atoms with Crippen LogP contribution in [0.2, 0.25) is 0 Å². The van der Waals surface area contributed by atoms with Crippen LogP contribution < -0.4 is 0 Å². The molecule has 12 heavy (non-hydrogen) atoms. The summed E-state index contributed by atoms with van der Waals surface area (Å²) >= 11 is 0. The molecule has 0 amide bonds. The van der Waals surface area contributed by atoms with Crippen LogP contribution in [-0.4, -0.2) is 18.4 Å². The third-order valence-corrected chi connectivity index (χ3v) is 1.67. The van der Waals surface area contributed by atoms with Gasteiger partial charge in [0.15, 0.2) is 5.78 Å². The normalized spacial score (nSPS) is 12.0. The van der Waals surface area contributed by atoms with E-state index in [0.29, 0.717) is 17.8 Å². The highest BCUT2D eigenvalue weighted by molar-refractivity contribution is 6.01. The van der Waals surface area contributed by atoms with Gasteiger partial charge in [-0.25, -0.2) is 4.79 Å². The second-order valence-corrected chi connectivity index (χ2v) is 2.53. The third-order valence-electron chi connectivity index (χ3n) is 1.67. The van der Waals surface area contributed by atoms with Gasteiger partial charge in [-0.2, -0.15) is 0 Å². The summed E-state index contributed by atoms with van der Waals surface area (Å²) in [6.45, 7) is 6.71. The minimum absolute atomic E-state index is 0.0967. The minimum Gasteiger partial charge on any atom is -0.463 e. The third kappa shape index (κ3) is 2.86. The number of rotatable bonds is 3. The Morgan fingerprint density at radius 3 is 1.92 bits per heavy atom. The Kier molecular flexibility index (Phi) is 4.26. The summed E-state index contributed by atoms with van der Waals surface area (Å²) in [5.41, 5.74) is 0.859. The molecule has 0 rings (SSSR count). The van der Waals surface area contributed by atoms with E-state index in [0.717, 1.165) is 0 Å². The van der Waals surface area contributed by atoms with Crippen LogP contribution in [0.5, 0.6) is 0 Å². The second kappa shape index (κ2) is 4.70. The first-order valence-electron chi connectivity index (χ1n) is 3.86. The summed E-state index contributed by atoms with van der Waals surface area (Å²) in [6, 6.07) is 0. The molecular weight excluding hydrogens is 156 g/mol. The van der Waals surface area contributed by atoms with Crippen LogP contribution >= 0.6 is 0 Å². The van der Waals surface area contributed by atoms with Crippen molar-refractivity contribution in [2.45, 2.75) is 27.7 Å². The Labute approximate surface area is 72.4 Å². The molecular formula is C9H14O3. The topological polar surface area (TPSA) is 43.4 Å². The van der Waals surface area contributed by atoms with E-state index in [9.17, 15) is 9.59 Å². The van der Waals surface area contributed by atoms with E-state index >= 15 is 0 Å². The summed E-state index contributed by atoms with van der Waals surface area (Å²) in [5.74, 6) is -0.509. The molecule has 0 aliphatic carbocycles. The molecule has 0 bridgehead atoms. The fourth-order valence-corrected chi connectivity index (χ4v) is 0.656. The molecule has 0 heterocycles. The molecule has 0 atom stereocenters. The molecule has 0 fully saturated rings. The standard InChI is InChI=1S/C9H14O3/c1-5-12-9(11)7(3)6(2)8(4)10/h5H2,1-4H3/b7-6+. The summed E-state index contributed by atoms with van der Waals surface area (Å²) < 4.78 is 4.73. The van der Waals surface area contributed by atoms with E-state index in [-0.39, 0.29) is 5.78 Å². The first-order valence-corrected chi connectivity index (χ1v) is 3.86. The molecule has 0 spiro atoms. The lowest BCUT2D eigenvalue weighted by atomic mass is 10.1. The monoisotopic (exact) mass is 170 g/mol. The van der Waals surface area contributed by atoms with E-state index in [1.54, 1.807) is 20.8 Å². The van der Waals surface area contributed by atoms with Crippen LogP contribution in [0.4, 0.5) is 0 Å². The van der Waals surface area contributed by atoms with Gasteiger partial charge in [0.2, 0.25) is 0 Å². The Hall–Kier alpha value is -1.12. The van der Waals surface area contributed by atoms with Gasteiger partial charge in [0.1, 0.15) is 0 Å². The van der Waals surface area contributed by atoms with Crippen molar-refractivity contribution < 1.29 is 14.3 Å². The molecule has 0 radical (unpaired) electrons. The molecule has 3 heteroatoms. The summed E-state index contributed by atoms with van der Waals surface area (Å²) in [7, 11) is 0. The summed E-state index contributed by atoms with van der Waals surface area (Å²) in [4.78, 5) is 21.9. The predicted molar refractivity (Wildman–Crippen MR) is 45.7 cm³/mol. The number of carbonyl (C=O) groups is 2. The lowest BCUT2D eigenvalue weighted by Gasteiger charge is -2.03. The zero-order chi connectivity index (χ0) is 9.72. The lowest BCUT2D eigenvalue weighted by molar-refractivity contribution is -0.138. The molecule has 0 saturated carbocycles. The first kappa shape index (κ1) is 10.9. The molecule has 0 N–H and O–H groups in total. The van der Waals surface area contributed by atoms with Gasteiger partial charge in [0.05, 0.1) is 6.61 Å². The van der Waals surface area contributed by atoms with Crippen LogP contribution in [0.3, 0.4) is 0 Å². The van der Waals surface area contributed by atoms with Gasteiger partial charge in [0, 0.05) is 11.1 Å². The number of hydrogen-bond donors (Lipinski definition) is 0. The maximum atomic E-state index is 11.1. The number of hydrogen-bond acceptors (Lipinski definition) is 3. The molecule has 0 aliphatic rings. The van der Waals surface area contributed by atoms with Crippen molar-refractivity contribution in [1.82, 2.24) is 0 Å². The second-order valence-electron chi connectivity index (χ2n) is 2.53. The number of allylic oxidation sites excluding steroid dienone is 1. The Bertz CT molecular complexity index is 226. The van der Waals surface area contributed by atoms with Gasteiger partial charge in [-0.3, -0.25) is 4.79 Å². The fraction of sp³-hybridized carbons (Fsp3) is 0.556. The quantitative estimate of drug-likeness (QED) is 0.476. The largest absolute Gasteiger partial charge is 0.463 e. The van der Waals surface area contributed by atoms with Crippen molar-refractivity contribution in [1.29, 1.82) is 0 Å². The van der Waals surface area contributed by atoms with Gasteiger partial charge < -0.3 is 4.74 Å². The predicted octanol–water partition coefficient (Wildman–Crippen LogP) is 1.47. The molecule has 0 saturated heterocycles. The Balaban J connectivity index is 4.55. The zero-order valence-electron chi connectivity index (χ0n) is 7.93. The van der Waals surface area contributed by atoms with Gasteiger partial charge in [-0.1, -0.05) is 0 Å². The van der Waals surface area contributed by atoms with Crippen molar-refractivity contribution in [3.05, 3.63) is 11.1 Å².